The molecule has 200 valence electrons. The van der Waals surface area contributed by atoms with Crippen LogP contribution in [0.5, 0.6) is 5.75 Å². The van der Waals surface area contributed by atoms with Crippen molar-refractivity contribution < 1.29 is 27.9 Å². The maximum absolute atomic E-state index is 14.1. The van der Waals surface area contributed by atoms with Gasteiger partial charge >= 0.3 is 5.97 Å². The number of benzene rings is 3. The van der Waals surface area contributed by atoms with E-state index in [-0.39, 0.29) is 28.9 Å². The Morgan fingerprint density at radius 2 is 1.82 bits per heavy atom. The first-order chi connectivity index (χ1) is 18.8. The number of amides is 1. The predicted molar refractivity (Wildman–Crippen MR) is 145 cm³/mol. The molecule has 7 nitrogen and oxygen atoms in total. The van der Waals surface area contributed by atoms with Crippen molar-refractivity contribution in [1.82, 2.24) is 0 Å². The minimum absolute atomic E-state index is 0.0513. The Bertz CT molecular complexity index is 1610. The zero-order valence-electron chi connectivity index (χ0n) is 21.9. The Kier molecular flexibility index (Phi) is 7.19. The highest BCUT2D eigenvalue weighted by Gasteiger charge is 2.43. The summed E-state index contributed by atoms with van der Waals surface area (Å²) in [6.07, 6.45) is 0.870. The molecule has 0 saturated carbocycles. The molecule has 39 heavy (non-hydrogen) atoms. The molecule has 1 atom stereocenters. The molecule has 0 bridgehead atoms. The fourth-order valence-corrected chi connectivity index (χ4v) is 4.69. The van der Waals surface area contributed by atoms with E-state index in [1.807, 2.05) is 6.07 Å². The van der Waals surface area contributed by atoms with Gasteiger partial charge in [-0.25, -0.2) is 9.18 Å². The average Bonchev–Trinajstić information content (AvgIpc) is 3.21. The quantitative estimate of drug-likeness (QED) is 0.250. The Labute approximate surface area is 224 Å². The topological polar surface area (TPSA) is 86.0 Å². The summed E-state index contributed by atoms with van der Waals surface area (Å²) in [5.41, 5.74) is 1.16. The third-order valence-electron chi connectivity index (χ3n) is 6.63. The Morgan fingerprint density at radius 1 is 1.05 bits per heavy atom. The van der Waals surface area contributed by atoms with Crippen LogP contribution in [0.25, 0.3) is 11.0 Å². The molecule has 0 radical (unpaired) electrons. The molecule has 0 spiro atoms. The SMILES string of the molecule is CCOC(=O)c1ccc(N2C(=O)c3oc4ccc(F)cc4c(=O)c3C2c2cccc(OCCC(C)C)c2)cc1. The molecule has 1 aromatic heterocycles. The van der Waals surface area contributed by atoms with Crippen molar-refractivity contribution in [3.05, 3.63) is 105 Å². The van der Waals surface area contributed by atoms with Gasteiger partial charge in [-0.05, 0) is 79.4 Å². The fraction of sp³-hybridized carbons (Fsp3) is 0.258. The maximum Gasteiger partial charge on any atom is 0.338 e. The molecular weight excluding hydrogens is 501 g/mol. The van der Waals surface area contributed by atoms with E-state index in [0.29, 0.717) is 35.1 Å². The number of carbonyl (C=O) groups is 2. The number of anilines is 1. The van der Waals surface area contributed by atoms with E-state index in [4.69, 9.17) is 13.9 Å². The summed E-state index contributed by atoms with van der Waals surface area (Å²) in [6, 6.07) is 16.4. The lowest BCUT2D eigenvalue weighted by atomic mass is 9.98. The van der Waals surface area contributed by atoms with Gasteiger partial charge in [-0.15, -0.1) is 0 Å². The van der Waals surface area contributed by atoms with Crippen molar-refractivity contribution in [2.24, 2.45) is 5.92 Å². The molecule has 1 aliphatic heterocycles. The lowest BCUT2D eigenvalue weighted by molar-refractivity contribution is 0.0526. The summed E-state index contributed by atoms with van der Waals surface area (Å²) in [4.78, 5) is 41.1. The molecule has 3 aromatic carbocycles. The second-order valence-corrected chi connectivity index (χ2v) is 9.76. The van der Waals surface area contributed by atoms with Crippen molar-refractivity contribution in [1.29, 1.82) is 0 Å². The van der Waals surface area contributed by atoms with Crippen molar-refractivity contribution in [3.8, 4) is 5.75 Å². The van der Waals surface area contributed by atoms with Crippen LogP contribution in [0, 0.1) is 11.7 Å². The number of hydrogen-bond acceptors (Lipinski definition) is 6. The number of rotatable bonds is 8. The Morgan fingerprint density at radius 3 is 2.54 bits per heavy atom. The minimum atomic E-state index is -0.862. The van der Waals surface area contributed by atoms with E-state index >= 15 is 0 Å². The lowest BCUT2D eigenvalue weighted by Gasteiger charge is -2.25. The van der Waals surface area contributed by atoms with Gasteiger partial charge in [0.1, 0.15) is 17.1 Å². The highest BCUT2D eigenvalue weighted by atomic mass is 19.1. The molecule has 4 aromatic rings. The first kappa shape index (κ1) is 26.2. The second-order valence-electron chi connectivity index (χ2n) is 9.76. The summed E-state index contributed by atoms with van der Waals surface area (Å²) >= 11 is 0. The van der Waals surface area contributed by atoms with Gasteiger partial charge in [-0.2, -0.15) is 0 Å². The van der Waals surface area contributed by atoms with Gasteiger partial charge in [0.15, 0.2) is 5.43 Å². The number of fused-ring (bicyclic) bond motifs is 2. The largest absolute Gasteiger partial charge is 0.494 e. The molecule has 8 heteroatoms. The second kappa shape index (κ2) is 10.7. The smallest absolute Gasteiger partial charge is 0.338 e. The molecule has 0 saturated heterocycles. The van der Waals surface area contributed by atoms with Crippen molar-refractivity contribution in [2.45, 2.75) is 33.2 Å². The van der Waals surface area contributed by atoms with Gasteiger partial charge < -0.3 is 13.9 Å². The van der Waals surface area contributed by atoms with Crippen LogP contribution in [0.4, 0.5) is 10.1 Å². The van der Waals surface area contributed by atoms with Gasteiger partial charge in [0.2, 0.25) is 5.76 Å². The van der Waals surface area contributed by atoms with Crippen LogP contribution in [-0.2, 0) is 4.74 Å². The van der Waals surface area contributed by atoms with Gasteiger partial charge in [0.25, 0.3) is 5.91 Å². The van der Waals surface area contributed by atoms with Gasteiger partial charge in [-0.3, -0.25) is 14.5 Å². The zero-order chi connectivity index (χ0) is 27.7. The molecule has 1 unspecified atom stereocenters. The number of halogens is 1. The van der Waals surface area contributed by atoms with Gasteiger partial charge in [0.05, 0.1) is 35.8 Å². The van der Waals surface area contributed by atoms with E-state index in [0.717, 1.165) is 12.5 Å². The van der Waals surface area contributed by atoms with Crippen molar-refractivity contribution in [2.75, 3.05) is 18.1 Å². The summed E-state index contributed by atoms with van der Waals surface area (Å²) in [6.45, 7) is 6.70. The fourth-order valence-electron chi connectivity index (χ4n) is 4.69. The number of hydrogen-bond donors (Lipinski definition) is 0. The molecule has 1 aliphatic rings. The van der Waals surface area contributed by atoms with Crippen LogP contribution in [0.3, 0.4) is 0 Å². The monoisotopic (exact) mass is 529 g/mol. The Hall–Kier alpha value is -4.46. The van der Waals surface area contributed by atoms with E-state index in [9.17, 15) is 18.8 Å². The van der Waals surface area contributed by atoms with Gasteiger partial charge in [-0.1, -0.05) is 26.0 Å². The van der Waals surface area contributed by atoms with E-state index < -0.39 is 29.2 Å². The molecular formula is C31H28FNO6. The Balaban J connectivity index is 1.64. The average molecular weight is 530 g/mol. The van der Waals surface area contributed by atoms with E-state index in [1.165, 1.54) is 17.0 Å². The summed E-state index contributed by atoms with van der Waals surface area (Å²) in [5, 5.41) is 0.0513. The van der Waals surface area contributed by atoms with Gasteiger partial charge in [0, 0.05) is 5.69 Å². The molecule has 0 N–H and O–H groups in total. The predicted octanol–water partition coefficient (Wildman–Crippen LogP) is 6.28. The standard InChI is InChI=1S/C31H28FNO6/c1-4-37-31(36)19-8-11-22(12-9-19)33-27(20-6-5-7-23(16-20)38-15-14-18(2)3)26-28(34)24-17-21(32)10-13-25(24)39-29(26)30(33)35/h5-13,16-18,27H,4,14-15H2,1-3H3. The van der Waals surface area contributed by atoms with E-state index in [2.05, 4.69) is 13.8 Å². The van der Waals surface area contributed by atoms with Crippen LogP contribution in [0.1, 0.15) is 65.3 Å². The molecule has 0 aliphatic carbocycles. The zero-order valence-corrected chi connectivity index (χ0v) is 21.9. The normalized spacial score (nSPS) is 14.6. The van der Waals surface area contributed by atoms with E-state index in [1.54, 1.807) is 49.4 Å². The molecule has 0 fully saturated rings. The number of esters is 1. The molecule has 5 rings (SSSR count). The number of ether oxygens (including phenoxy) is 2. The third-order valence-corrected chi connectivity index (χ3v) is 6.63. The summed E-state index contributed by atoms with van der Waals surface area (Å²) in [7, 11) is 0. The van der Waals surface area contributed by atoms with Crippen molar-refractivity contribution >= 4 is 28.5 Å². The third kappa shape index (κ3) is 5.02. The first-order valence-electron chi connectivity index (χ1n) is 12.9. The summed E-state index contributed by atoms with van der Waals surface area (Å²) < 4.78 is 31.0. The number of nitrogens with zero attached hydrogens (tertiary/aromatic N) is 1. The maximum atomic E-state index is 14.1. The summed E-state index contributed by atoms with van der Waals surface area (Å²) in [5.74, 6) is -0.615. The molecule has 1 amide bonds. The molecule has 2 heterocycles. The first-order valence-corrected chi connectivity index (χ1v) is 12.9. The van der Waals surface area contributed by atoms with Crippen LogP contribution in [0.15, 0.2) is 75.9 Å². The number of carbonyl (C=O) groups excluding carboxylic acids is 2. The van der Waals surface area contributed by atoms with Crippen LogP contribution in [0.2, 0.25) is 0 Å². The van der Waals surface area contributed by atoms with Crippen LogP contribution in [-0.4, -0.2) is 25.1 Å². The highest BCUT2D eigenvalue weighted by Crippen LogP contribution is 2.42. The highest BCUT2D eigenvalue weighted by molar-refractivity contribution is 6.10. The minimum Gasteiger partial charge on any atom is -0.494 e. The van der Waals surface area contributed by atoms with Crippen molar-refractivity contribution in [3.63, 3.8) is 0 Å². The lowest BCUT2D eigenvalue weighted by Crippen LogP contribution is -2.29. The van der Waals surface area contributed by atoms with Crippen LogP contribution >= 0.6 is 0 Å². The van der Waals surface area contributed by atoms with Crippen LogP contribution < -0.4 is 15.1 Å².